The molecule has 0 radical (unpaired) electrons. The first-order valence-corrected chi connectivity index (χ1v) is 8.39. The van der Waals surface area contributed by atoms with Crippen LogP contribution in [-0.4, -0.2) is 41.2 Å². The predicted molar refractivity (Wildman–Crippen MR) is 90.4 cm³/mol. The smallest absolute Gasteiger partial charge is 0.168 e. The second-order valence-electron chi connectivity index (χ2n) is 6.55. The lowest BCUT2D eigenvalue weighted by molar-refractivity contribution is -0.0260. The van der Waals surface area contributed by atoms with Crippen LogP contribution in [0.3, 0.4) is 0 Å². The van der Waals surface area contributed by atoms with E-state index in [4.69, 9.17) is 4.74 Å². The van der Waals surface area contributed by atoms with Gasteiger partial charge < -0.3 is 14.7 Å². The van der Waals surface area contributed by atoms with Crippen LogP contribution >= 0.6 is 0 Å². The summed E-state index contributed by atoms with van der Waals surface area (Å²) < 4.78 is 33.6. The van der Waals surface area contributed by atoms with Crippen LogP contribution in [0.4, 0.5) is 8.78 Å². The van der Waals surface area contributed by atoms with Gasteiger partial charge in [0.15, 0.2) is 11.6 Å². The molecule has 1 saturated heterocycles. The van der Waals surface area contributed by atoms with Gasteiger partial charge in [0.1, 0.15) is 11.9 Å². The van der Waals surface area contributed by atoms with Crippen LogP contribution in [-0.2, 0) is 4.74 Å². The number of halogens is 2. The third-order valence-corrected chi connectivity index (χ3v) is 4.64. The van der Waals surface area contributed by atoms with E-state index < -0.39 is 23.5 Å². The van der Waals surface area contributed by atoms with Crippen molar-refractivity contribution in [2.45, 2.75) is 32.0 Å². The number of rotatable bonds is 4. The minimum Gasteiger partial charge on any atom is -0.505 e. The summed E-state index contributed by atoms with van der Waals surface area (Å²) in [4.78, 5) is 6.30. The first-order chi connectivity index (χ1) is 12.0. The standard InChI is InChI=1S/C19H22F2N2O2/c1-12-3-5-15(18(24)17(12)21)19(16-6-4-13(20)11-22-16)25-14-7-9-23(2)10-8-14/h3-6,11,14,19,24H,7-10H2,1-2H3. The number of benzene rings is 1. The summed E-state index contributed by atoms with van der Waals surface area (Å²) in [5.74, 6) is -1.57. The predicted octanol–water partition coefficient (Wildman–Crippen LogP) is 3.57. The normalized spacial score (nSPS) is 17.6. The fourth-order valence-corrected chi connectivity index (χ4v) is 3.05. The van der Waals surface area contributed by atoms with Crippen molar-refractivity contribution >= 4 is 0 Å². The Labute approximate surface area is 146 Å². The molecule has 1 aromatic heterocycles. The average Bonchev–Trinajstić information content (AvgIpc) is 2.61. The Bertz CT molecular complexity index is 729. The van der Waals surface area contributed by atoms with E-state index in [1.165, 1.54) is 12.1 Å². The number of phenolic OH excluding ortho intramolecular Hbond substituents is 1. The molecule has 1 aliphatic rings. The van der Waals surface area contributed by atoms with Gasteiger partial charge in [0.05, 0.1) is 18.0 Å². The molecule has 1 fully saturated rings. The van der Waals surface area contributed by atoms with E-state index in [9.17, 15) is 13.9 Å². The molecule has 25 heavy (non-hydrogen) atoms. The number of aryl methyl sites for hydroxylation is 1. The number of pyridine rings is 1. The number of nitrogens with zero attached hydrogens (tertiary/aromatic N) is 2. The fraction of sp³-hybridized carbons (Fsp3) is 0.421. The van der Waals surface area contributed by atoms with Crippen LogP contribution in [0.15, 0.2) is 30.5 Å². The number of likely N-dealkylation sites (tertiary alicyclic amines) is 1. The van der Waals surface area contributed by atoms with Crippen LogP contribution in [0, 0.1) is 18.6 Å². The molecule has 1 N–H and O–H groups in total. The van der Waals surface area contributed by atoms with Crippen molar-refractivity contribution < 1.29 is 18.6 Å². The van der Waals surface area contributed by atoms with Gasteiger partial charge in [0.2, 0.25) is 0 Å². The summed E-state index contributed by atoms with van der Waals surface area (Å²) in [6, 6.07) is 6.03. The molecule has 0 saturated carbocycles. The highest BCUT2D eigenvalue weighted by atomic mass is 19.1. The highest BCUT2D eigenvalue weighted by molar-refractivity contribution is 5.42. The summed E-state index contributed by atoms with van der Waals surface area (Å²) in [5.41, 5.74) is 1.10. The zero-order valence-corrected chi connectivity index (χ0v) is 14.4. The monoisotopic (exact) mass is 348 g/mol. The molecule has 1 aromatic carbocycles. The first-order valence-electron chi connectivity index (χ1n) is 8.39. The van der Waals surface area contributed by atoms with Gasteiger partial charge in [-0.05, 0) is 44.5 Å². The maximum absolute atomic E-state index is 14.2. The Morgan fingerprint density at radius 2 is 1.92 bits per heavy atom. The van der Waals surface area contributed by atoms with Gasteiger partial charge in [0, 0.05) is 18.7 Å². The van der Waals surface area contributed by atoms with Crippen molar-refractivity contribution in [3.8, 4) is 5.75 Å². The number of phenols is 1. The lowest BCUT2D eigenvalue weighted by Crippen LogP contribution is -2.35. The molecule has 1 aliphatic heterocycles. The highest BCUT2D eigenvalue weighted by Crippen LogP contribution is 2.36. The maximum Gasteiger partial charge on any atom is 0.168 e. The van der Waals surface area contributed by atoms with Gasteiger partial charge in [-0.3, -0.25) is 4.98 Å². The van der Waals surface area contributed by atoms with Crippen molar-refractivity contribution in [3.05, 3.63) is 58.9 Å². The van der Waals surface area contributed by atoms with Crippen molar-refractivity contribution in [2.24, 2.45) is 0 Å². The second-order valence-corrected chi connectivity index (χ2v) is 6.55. The molecule has 2 aromatic rings. The number of hydrogen-bond acceptors (Lipinski definition) is 4. The SMILES string of the molecule is Cc1ccc(C(OC2CCN(C)CC2)c2ccc(F)cn2)c(O)c1F. The molecule has 3 rings (SSSR count). The van der Waals surface area contributed by atoms with E-state index in [-0.39, 0.29) is 6.10 Å². The number of aromatic hydroxyl groups is 1. The summed E-state index contributed by atoms with van der Waals surface area (Å²) in [7, 11) is 2.05. The molecule has 134 valence electrons. The second kappa shape index (κ2) is 7.45. The summed E-state index contributed by atoms with van der Waals surface area (Å²) in [5, 5.41) is 10.3. The number of hydrogen-bond donors (Lipinski definition) is 1. The van der Waals surface area contributed by atoms with Crippen LogP contribution in [0.2, 0.25) is 0 Å². The van der Waals surface area contributed by atoms with Crippen LogP contribution in [0.25, 0.3) is 0 Å². The molecule has 6 heteroatoms. The largest absolute Gasteiger partial charge is 0.505 e. The average molecular weight is 348 g/mol. The van der Waals surface area contributed by atoms with Gasteiger partial charge in [-0.1, -0.05) is 12.1 Å². The molecule has 0 amide bonds. The number of piperidine rings is 1. The summed E-state index contributed by atoms with van der Waals surface area (Å²) in [6.45, 7) is 3.40. The van der Waals surface area contributed by atoms with E-state index in [1.54, 1.807) is 19.1 Å². The van der Waals surface area contributed by atoms with Crippen molar-refractivity contribution in [1.29, 1.82) is 0 Å². The van der Waals surface area contributed by atoms with E-state index in [1.807, 2.05) is 0 Å². The van der Waals surface area contributed by atoms with Crippen LogP contribution < -0.4 is 0 Å². The van der Waals surface area contributed by atoms with Crippen LogP contribution in [0.1, 0.15) is 35.8 Å². The van der Waals surface area contributed by atoms with E-state index in [2.05, 4.69) is 16.9 Å². The van der Waals surface area contributed by atoms with Crippen molar-refractivity contribution in [1.82, 2.24) is 9.88 Å². The minimum atomic E-state index is -0.746. The lowest BCUT2D eigenvalue weighted by Gasteiger charge is -2.32. The Morgan fingerprint density at radius 1 is 1.20 bits per heavy atom. The Hall–Kier alpha value is -2.05. The number of aromatic nitrogens is 1. The molecule has 2 heterocycles. The van der Waals surface area contributed by atoms with E-state index in [0.29, 0.717) is 16.8 Å². The maximum atomic E-state index is 14.2. The van der Waals surface area contributed by atoms with Crippen molar-refractivity contribution in [3.63, 3.8) is 0 Å². The Kier molecular flexibility index (Phi) is 5.30. The third kappa shape index (κ3) is 3.96. The zero-order valence-electron chi connectivity index (χ0n) is 14.4. The summed E-state index contributed by atoms with van der Waals surface area (Å²) >= 11 is 0. The van der Waals surface area contributed by atoms with Gasteiger partial charge in [-0.2, -0.15) is 0 Å². The van der Waals surface area contributed by atoms with Gasteiger partial charge in [-0.15, -0.1) is 0 Å². The molecule has 1 atom stereocenters. The summed E-state index contributed by atoms with van der Waals surface area (Å²) in [6.07, 6.45) is 2.00. The highest BCUT2D eigenvalue weighted by Gasteiger charge is 2.27. The number of ether oxygens (including phenoxy) is 1. The quantitative estimate of drug-likeness (QED) is 0.917. The Morgan fingerprint density at radius 3 is 2.56 bits per heavy atom. The first kappa shape index (κ1) is 17.8. The molecule has 0 aliphatic carbocycles. The minimum absolute atomic E-state index is 0.0307. The molecule has 0 bridgehead atoms. The molecule has 4 nitrogen and oxygen atoms in total. The molecular formula is C19H22F2N2O2. The lowest BCUT2D eigenvalue weighted by atomic mass is 10.0. The molecular weight excluding hydrogens is 326 g/mol. The van der Waals surface area contributed by atoms with E-state index in [0.717, 1.165) is 32.1 Å². The Balaban J connectivity index is 1.94. The molecule has 1 unspecified atom stereocenters. The van der Waals surface area contributed by atoms with Crippen molar-refractivity contribution in [2.75, 3.05) is 20.1 Å². The van der Waals surface area contributed by atoms with Gasteiger partial charge in [0.25, 0.3) is 0 Å². The van der Waals surface area contributed by atoms with Gasteiger partial charge >= 0.3 is 0 Å². The van der Waals surface area contributed by atoms with E-state index >= 15 is 0 Å². The van der Waals surface area contributed by atoms with Gasteiger partial charge in [-0.25, -0.2) is 8.78 Å². The third-order valence-electron chi connectivity index (χ3n) is 4.64. The molecule has 0 spiro atoms. The zero-order chi connectivity index (χ0) is 18.0. The fourth-order valence-electron chi connectivity index (χ4n) is 3.05. The van der Waals surface area contributed by atoms with Crippen LogP contribution in [0.5, 0.6) is 5.75 Å². The topological polar surface area (TPSA) is 45.6 Å².